The first kappa shape index (κ1) is 12.5. The molecule has 1 atom stereocenters. The lowest BCUT2D eigenvalue weighted by atomic mass is 10.1. The van der Waals surface area contributed by atoms with Gasteiger partial charge in [-0.2, -0.15) is 0 Å². The highest BCUT2D eigenvalue weighted by Gasteiger charge is 2.22. The zero-order valence-electron chi connectivity index (χ0n) is 10.1. The molecule has 1 aliphatic rings. The number of nitrogens with zero attached hydrogens (tertiary/aromatic N) is 1. The zero-order valence-corrected chi connectivity index (χ0v) is 10.1. The van der Waals surface area contributed by atoms with Crippen LogP contribution in [0.25, 0.3) is 0 Å². The summed E-state index contributed by atoms with van der Waals surface area (Å²) in [6.07, 6.45) is 6.57. The maximum absolute atomic E-state index is 11.8. The molecule has 0 saturated carbocycles. The quantitative estimate of drug-likeness (QED) is 0.681. The smallest absolute Gasteiger partial charge is 0.222 e. The number of hydrogen-bond donors (Lipinski definition) is 1. The second-order valence-corrected chi connectivity index (χ2v) is 4.46. The van der Waals surface area contributed by atoms with Crippen molar-refractivity contribution in [3.8, 4) is 0 Å². The van der Waals surface area contributed by atoms with Gasteiger partial charge in [-0.05, 0) is 19.4 Å². The van der Waals surface area contributed by atoms with E-state index in [1.165, 1.54) is 19.3 Å². The summed E-state index contributed by atoms with van der Waals surface area (Å²) < 4.78 is 0. The SMILES string of the molecule is CCCCCCC(=O)N(C)C1CCNC1. The standard InChI is InChI=1S/C12H24N2O/c1-3-4-5-6-7-12(15)14(2)11-8-9-13-10-11/h11,13H,3-10H2,1-2H3. The monoisotopic (exact) mass is 212 g/mol. The lowest BCUT2D eigenvalue weighted by Gasteiger charge is -2.23. The van der Waals surface area contributed by atoms with Crippen molar-refractivity contribution in [1.29, 1.82) is 0 Å². The van der Waals surface area contributed by atoms with E-state index in [-0.39, 0.29) is 0 Å². The Bertz CT molecular complexity index is 188. The fraction of sp³-hybridized carbons (Fsp3) is 0.917. The fourth-order valence-electron chi connectivity index (χ4n) is 2.05. The van der Waals surface area contributed by atoms with Crippen LogP contribution in [0.3, 0.4) is 0 Å². The summed E-state index contributed by atoms with van der Waals surface area (Å²) in [6.45, 7) is 4.22. The Kier molecular flexibility index (Phi) is 5.69. The van der Waals surface area contributed by atoms with Crippen LogP contribution in [0.1, 0.15) is 45.4 Å². The fourth-order valence-corrected chi connectivity index (χ4v) is 2.05. The minimum absolute atomic E-state index is 0.319. The van der Waals surface area contributed by atoms with E-state index in [4.69, 9.17) is 0 Å². The molecule has 88 valence electrons. The topological polar surface area (TPSA) is 32.3 Å². The normalized spacial score (nSPS) is 20.5. The van der Waals surface area contributed by atoms with Gasteiger partial charge in [0.2, 0.25) is 5.91 Å². The lowest BCUT2D eigenvalue weighted by Crippen LogP contribution is -2.38. The summed E-state index contributed by atoms with van der Waals surface area (Å²) in [7, 11) is 1.94. The molecule has 3 nitrogen and oxygen atoms in total. The molecule has 1 amide bonds. The third-order valence-corrected chi connectivity index (χ3v) is 3.22. The Balaban J connectivity index is 2.14. The maximum atomic E-state index is 11.8. The molecule has 0 bridgehead atoms. The van der Waals surface area contributed by atoms with Crippen molar-refractivity contribution >= 4 is 5.91 Å². The van der Waals surface area contributed by atoms with Crippen LogP contribution in [-0.4, -0.2) is 37.0 Å². The van der Waals surface area contributed by atoms with Gasteiger partial charge in [0.1, 0.15) is 0 Å². The Morgan fingerprint density at radius 1 is 1.40 bits per heavy atom. The van der Waals surface area contributed by atoms with Crippen molar-refractivity contribution in [3.05, 3.63) is 0 Å². The highest BCUT2D eigenvalue weighted by atomic mass is 16.2. The van der Waals surface area contributed by atoms with E-state index < -0.39 is 0 Å². The Morgan fingerprint density at radius 3 is 2.80 bits per heavy atom. The first-order valence-electron chi connectivity index (χ1n) is 6.22. The van der Waals surface area contributed by atoms with Crippen LogP contribution in [0.15, 0.2) is 0 Å². The van der Waals surface area contributed by atoms with Crippen molar-refractivity contribution < 1.29 is 4.79 Å². The van der Waals surface area contributed by atoms with Gasteiger partial charge in [0.15, 0.2) is 0 Å². The van der Waals surface area contributed by atoms with Crippen LogP contribution < -0.4 is 5.32 Å². The number of amides is 1. The Labute approximate surface area is 93.2 Å². The molecule has 1 rings (SSSR count). The lowest BCUT2D eigenvalue weighted by molar-refractivity contribution is -0.131. The molecular weight excluding hydrogens is 188 g/mol. The molecule has 0 aromatic heterocycles. The van der Waals surface area contributed by atoms with E-state index >= 15 is 0 Å². The number of carbonyl (C=O) groups is 1. The average Bonchev–Trinajstić information content (AvgIpc) is 2.76. The summed E-state index contributed by atoms with van der Waals surface area (Å²) in [4.78, 5) is 13.7. The van der Waals surface area contributed by atoms with Gasteiger partial charge in [0, 0.05) is 26.1 Å². The molecule has 3 heteroatoms. The van der Waals surface area contributed by atoms with E-state index in [1.807, 2.05) is 11.9 Å². The highest BCUT2D eigenvalue weighted by molar-refractivity contribution is 5.76. The van der Waals surface area contributed by atoms with E-state index in [2.05, 4.69) is 12.2 Å². The predicted octanol–water partition coefficient (Wildman–Crippen LogP) is 1.78. The van der Waals surface area contributed by atoms with Crippen molar-refractivity contribution in [2.24, 2.45) is 0 Å². The minimum atomic E-state index is 0.319. The van der Waals surface area contributed by atoms with Gasteiger partial charge >= 0.3 is 0 Å². The molecular formula is C12H24N2O. The summed E-state index contributed by atoms with van der Waals surface area (Å²) in [5, 5.41) is 3.29. The molecule has 0 spiro atoms. The number of rotatable bonds is 6. The van der Waals surface area contributed by atoms with Crippen LogP contribution in [0.2, 0.25) is 0 Å². The number of likely N-dealkylation sites (N-methyl/N-ethyl adjacent to an activating group) is 1. The predicted molar refractivity (Wildman–Crippen MR) is 62.8 cm³/mol. The number of carbonyl (C=O) groups excluding carboxylic acids is 1. The van der Waals surface area contributed by atoms with Crippen molar-refractivity contribution in [3.63, 3.8) is 0 Å². The molecule has 0 aliphatic carbocycles. The van der Waals surface area contributed by atoms with Gasteiger partial charge in [0.05, 0.1) is 0 Å². The van der Waals surface area contributed by atoms with Gasteiger partial charge < -0.3 is 10.2 Å². The summed E-state index contributed by atoms with van der Waals surface area (Å²) in [6, 6.07) is 0.434. The molecule has 0 aromatic carbocycles. The van der Waals surface area contributed by atoms with E-state index in [0.717, 1.165) is 32.4 Å². The van der Waals surface area contributed by atoms with Crippen molar-refractivity contribution in [2.45, 2.75) is 51.5 Å². The minimum Gasteiger partial charge on any atom is -0.341 e. The molecule has 1 unspecified atom stereocenters. The third kappa shape index (κ3) is 4.20. The molecule has 1 N–H and O–H groups in total. The van der Waals surface area contributed by atoms with Crippen LogP contribution in [0, 0.1) is 0 Å². The number of unbranched alkanes of at least 4 members (excludes halogenated alkanes) is 3. The van der Waals surface area contributed by atoms with E-state index in [0.29, 0.717) is 11.9 Å². The summed E-state index contributed by atoms with van der Waals surface area (Å²) in [5.74, 6) is 0.319. The first-order valence-corrected chi connectivity index (χ1v) is 6.22. The van der Waals surface area contributed by atoms with E-state index in [9.17, 15) is 4.79 Å². The van der Waals surface area contributed by atoms with E-state index in [1.54, 1.807) is 0 Å². The molecule has 1 aliphatic heterocycles. The summed E-state index contributed by atoms with van der Waals surface area (Å²) >= 11 is 0. The first-order chi connectivity index (χ1) is 7.25. The molecule has 1 heterocycles. The number of nitrogens with one attached hydrogen (secondary N) is 1. The maximum Gasteiger partial charge on any atom is 0.222 e. The second-order valence-electron chi connectivity index (χ2n) is 4.46. The van der Waals surface area contributed by atoms with Gasteiger partial charge in [-0.1, -0.05) is 26.2 Å². The van der Waals surface area contributed by atoms with Crippen LogP contribution >= 0.6 is 0 Å². The molecule has 0 aromatic rings. The van der Waals surface area contributed by atoms with Gasteiger partial charge in [-0.15, -0.1) is 0 Å². The molecule has 1 saturated heterocycles. The zero-order chi connectivity index (χ0) is 11.1. The average molecular weight is 212 g/mol. The third-order valence-electron chi connectivity index (χ3n) is 3.22. The second kappa shape index (κ2) is 6.83. The van der Waals surface area contributed by atoms with Crippen LogP contribution in [0.4, 0.5) is 0 Å². The number of hydrogen-bond acceptors (Lipinski definition) is 2. The van der Waals surface area contributed by atoms with Gasteiger partial charge in [-0.3, -0.25) is 4.79 Å². The summed E-state index contributed by atoms with van der Waals surface area (Å²) in [5.41, 5.74) is 0. The van der Waals surface area contributed by atoms with Crippen molar-refractivity contribution in [1.82, 2.24) is 10.2 Å². The largest absolute Gasteiger partial charge is 0.341 e. The van der Waals surface area contributed by atoms with Gasteiger partial charge in [-0.25, -0.2) is 0 Å². The molecule has 15 heavy (non-hydrogen) atoms. The Morgan fingerprint density at radius 2 is 2.20 bits per heavy atom. The molecule has 0 radical (unpaired) electrons. The van der Waals surface area contributed by atoms with Crippen LogP contribution in [0.5, 0.6) is 0 Å². The Hall–Kier alpha value is -0.570. The molecule has 1 fully saturated rings. The highest BCUT2D eigenvalue weighted by Crippen LogP contribution is 2.10. The van der Waals surface area contributed by atoms with Gasteiger partial charge in [0.25, 0.3) is 0 Å². The van der Waals surface area contributed by atoms with Crippen molar-refractivity contribution in [2.75, 3.05) is 20.1 Å². The van der Waals surface area contributed by atoms with Crippen LogP contribution in [-0.2, 0) is 4.79 Å².